The van der Waals surface area contributed by atoms with Crippen molar-refractivity contribution in [1.82, 2.24) is 0 Å². The Morgan fingerprint density at radius 3 is 2.81 bits per heavy atom. The number of nitrogens with one attached hydrogen (secondary N) is 1. The van der Waals surface area contributed by atoms with Gasteiger partial charge in [0.2, 0.25) is 0 Å². The van der Waals surface area contributed by atoms with Crippen molar-refractivity contribution in [1.29, 1.82) is 0 Å². The van der Waals surface area contributed by atoms with Gasteiger partial charge in [-0.3, -0.25) is 4.79 Å². The first-order chi connectivity index (χ1) is 10.0. The van der Waals surface area contributed by atoms with Gasteiger partial charge in [-0.05, 0) is 31.0 Å². The number of hydrogen-bond donors (Lipinski definition) is 2. The fourth-order valence-corrected chi connectivity index (χ4v) is 2.15. The molecule has 0 bridgehead atoms. The van der Waals surface area contributed by atoms with Crippen LogP contribution in [-0.2, 0) is 4.79 Å². The summed E-state index contributed by atoms with van der Waals surface area (Å²) in [6.07, 6.45) is 0. The summed E-state index contributed by atoms with van der Waals surface area (Å²) in [5.74, 6) is 1.60. The van der Waals surface area contributed by atoms with Crippen LogP contribution in [0.3, 0.4) is 0 Å². The molecule has 0 aromatic heterocycles. The van der Waals surface area contributed by atoms with Gasteiger partial charge in [-0.1, -0.05) is 12.1 Å². The highest BCUT2D eigenvalue weighted by Gasteiger charge is 2.19. The smallest absolute Gasteiger partial charge is 0.262 e. The number of ether oxygens (including phenoxy) is 2. The molecule has 0 radical (unpaired) electrons. The minimum atomic E-state index is -0.190. The Morgan fingerprint density at radius 1 is 1.19 bits per heavy atom. The Hall–Kier alpha value is -2.69. The van der Waals surface area contributed by atoms with Gasteiger partial charge in [-0.2, -0.15) is 0 Å². The number of rotatable bonds is 2. The number of hydrogen-bond acceptors (Lipinski definition) is 4. The van der Waals surface area contributed by atoms with Gasteiger partial charge in [-0.25, -0.2) is 0 Å². The van der Waals surface area contributed by atoms with Crippen LogP contribution >= 0.6 is 0 Å². The highest BCUT2D eigenvalue weighted by Crippen LogP contribution is 2.39. The molecule has 1 amide bonds. The zero-order valence-corrected chi connectivity index (χ0v) is 11.9. The van der Waals surface area contributed by atoms with Crippen molar-refractivity contribution in [3.63, 3.8) is 0 Å². The van der Waals surface area contributed by atoms with Crippen molar-refractivity contribution in [2.24, 2.45) is 0 Å². The van der Waals surface area contributed by atoms with E-state index >= 15 is 0 Å². The van der Waals surface area contributed by atoms with Gasteiger partial charge < -0.3 is 20.5 Å². The van der Waals surface area contributed by atoms with Crippen LogP contribution in [0.15, 0.2) is 30.3 Å². The SMILES string of the molecule is Cc1ccc(C)c(Oc2cc3c(cc2N)OCC(=O)N3)c1. The molecule has 0 unspecified atom stereocenters. The van der Waals surface area contributed by atoms with E-state index in [0.29, 0.717) is 22.9 Å². The van der Waals surface area contributed by atoms with Crippen molar-refractivity contribution in [2.45, 2.75) is 13.8 Å². The normalized spacial score (nSPS) is 13.1. The molecular weight excluding hydrogens is 268 g/mol. The number of nitrogen functional groups attached to an aromatic ring is 1. The first-order valence-electron chi connectivity index (χ1n) is 6.64. The van der Waals surface area contributed by atoms with Crippen molar-refractivity contribution in [3.05, 3.63) is 41.5 Å². The highest BCUT2D eigenvalue weighted by atomic mass is 16.5. The topological polar surface area (TPSA) is 73.6 Å². The molecule has 0 saturated heterocycles. The maximum atomic E-state index is 11.4. The predicted molar refractivity (Wildman–Crippen MR) is 81.0 cm³/mol. The summed E-state index contributed by atoms with van der Waals surface area (Å²) in [6, 6.07) is 9.30. The van der Waals surface area contributed by atoms with Gasteiger partial charge in [0.05, 0.1) is 11.4 Å². The third-order valence-electron chi connectivity index (χ3n) is 3.31. The Balaban J connectivity index is 1.97. The summed E-state index contributed by atoms with van der Waals surface area (Å²) in [5, 5.41) is 2.74. The van der Waals surface area contributed by atoms with E-state index in [9.17, 15) is 4.79 Å². The average Bonchev–Trinajstić information content (AvgIpc) is 2.44. The number of carbonyl (C=O) groups excluding carboxylic acids is 1. The maximum Gasteiger partial charge on any atom is 0.262 e. The Labute approximate surface area is 122 Å². The van der Waals surface area contributed by atoms with Crippen molar-refractivity contribution >= 4 is 17.3 Å². The molecule has 1 aliphatic rings. The molecule has 0 spiro atoms. The number of nitrogens with two attached hydrogens (primary N) is 1. The van der Waals surface area contributed by atoms with Crippen molar-refractivity contribution in [3.8, 4) is 17.2 Å². The minimum absolute atomic E-state index is 0.00360. The standard InChI is InChI=1S/C16H16N2O3/c1-9-3-4-10(2)13(5-9)21-14-7-12-15(6-11(14)17)20-8-16(19)18-12/h3-7H,8,17H2,1-2H3,(H,18,19). The second-order valence-corrected chi connectivity index (χ2v) is 5.09. The lowest BCUT2D eigenvalue weighted by Crippen LogP contribution is -2.25. The summed E-state index contributed by atoms with van der Waals surface area (Å²) in [6.45, 7) is 3.97. The van der Waals surface area contributed by atoms with E-state index in [-0.39, 0.29) is 12.5 Å². The van der Waals surface area contributed by atoms with Crippen LogP contribution in [-0.4, -0.2) is 12.5 Å². The van der Waals surface area contributed by atoms with Crippen LogP contribution in [0, 0.1) is 13.8 Å². The van der Waals surface area contributed by atoms with Gasteiger partial charge in [-0.15, -0.1) is 0 Å². The first kappa shape index (κ1) is 13.3. The van der Waals surface area contributed by atoms with Gasteiger partial charge in [0.15, 0.2) is 12.4 Å². The summed E-state index contributed by atoms with van der Waals surface area (Å²) >= 11 is 0. The number of benzene rings is 2. The van der Waals surface area contributed by atoms with E-state index in [0.717, 1.165) is 16.9 Å². The molecule has 5 heteroatoms. The summed E-state index contributed by atoms with van der Waals surface area (Å²) < 4.78 is 11.2. The molecule has 2 aromatic rings. The molecule has 1 aliphatic heterocycles. The first-order valence-corrected chi connectivity index (χ1v) is 6.64. The number of aryl methyl sites for hydroxylation is 2. The van der Waals surface area contributed by atoms with Gasteiger partial charge >= 0.3 is 0 Å². The van der Waals surface area contributed by atoms with Crippen LogP contribution in [0.1, 0.15) is 11.1 Å². The number of amides is 1. The van der Waals surface area contributed by atoms with E-state index in [2.05, 4.69) is 5.32 Å². The van der Waals surface area contributed by atoms with E-state index in [1.807, 2.05) is 32.0 Å². The Kier molecular flexibility index (Phi) is 3.17. The molecule has 3 N–H and O–H groups in total. The van der Waals surface area contributed by atoms with E-state index < -0.39 is 0 Å². The monoisotopic (exact) mass is 284 g/mol. The minimum Gasteiger partial charge on any atom is -0.481 e. The Bertz CT molecular complexity index is 726. The average molecular weight is 284 g/mol. The fourth-order valence-electron chi connectivity index (χ4n) is 2.15. The van der Waals surface area contributed by atoms with Crippen molar-refractivity contribution < 1.29 is 14.3 Å². The number of fused-ring (bicyclic) bond motifs is 1. The highest BCUT2D eigenvalue weighted by molar-refractivity contribution is 5.96. The van der Waals surface area contributed by atoms with Gasteiger partial charge in [0, 0.05) is 12.1 Å². The predicted octanol–water partition coefficient (Wildman–Crippen LogP) is 3.01. The summed E-state index contributed by atoms with van der Waals surface area (Å²) in [4.78, 5) is 11.4. The second-order valence-electron chi connectivity index (χ2n) is 5.09. The molecule has 0 saturated carbocycles. The molecule has 21 heavy (non-hydrogen) atoms. The fraction of sp³-hybridized carbons (Fsp3) is 0.188. The van der Waals surface area contributed by atoms with E-state index in [1.165, 1.54) is 0 Å². The molecule has 108 valence electrons. The Morgan fingerprint density at radius 2 is 2.00 bits per heavy atom. The summed E-state index contributed by atoms with van der Waals surface area (Å²) in [5.41, 5.74) is 9.14. The second kappa shape index (κ2) is 5.01. The third kappa shape index (κ3) is 2.63. The van der Waals surface area contributed by atoms with Crippen LogP contribution in [0.25, 0.3) is 0 Å². The lowest BCUT2D eigenvalue weighted by atomic mass is 10.1. The lowest BCUT2D eigenvalue weighted by Gasteiger charge is -2.20. The van der Waals surface area contributed by atoms with Crippen LogP contribution < -0.4 is 20.5 Å². The van der Waals surface area contributed by atoms with Gasteiger partial charge in [0.1, 0.15) is 11.5 Å². The molecule has 5 nitrogen and oxygen atoms in total. The van der Waals surface area contributed by atoms with Gasteiger partial charge in [0.25, 0.3) is 5.91 Å². The maximum absolute atomic E-state index is 11.4. The van der Waals surface area contributed by atoms with E-state index in [1.54, 1.807) is 12.1 Å². The lowest BCUT2D eigenvalue weighted by molar-refractivity contribution is -0.118. The van der Waals surface area contributed by atoms with E-state index in [4.69, 9.17) is 15.2 Å². The molecular formula is C16H16N2O3. The van der Waals surface area contributed by atoms with Crippen LogP contribution in [0.2, 0.25) is 0 Å². The zero-order valence-electron chi connectivity index (χ0n) is 11.9. The molecule has 0 aliphatic carbocycles. The van der Waals surface area contributed by atoms with Crippen LogP contribution in [0.5, 0.6) is 17.2 Å². The molecule has 2 aromatic carbocycles. The number of carbonyl (C=O) groups is 1. The van der Waals surface area contributed by atoms with Crippen LogP contribution in [0.4, 0.5) is 11.4 Å². The zero-order chi connectivity index (χ0) is 15.0. The quantitative estimate of drug-likeness (QED) is 0.831. The molecule has 0 atom stereocenters. The molecule has 1 heterocycles. The largest absolute Gasteiger partial charge is 0.481 e. The molecule has 3 rings (SSSR count). The number of anilines is 2. The third-order valence-corrected chi connectivity index (χ3v) is 3.31. The summed E-state index contributed by atoms with van der Waals surface area (Å²) in [7, 11) is 0. The molecule has 0 fully saturated rings. The van der Waals surface area contributed by atoms with Crippen molar-refractivity contribution in [2.75, 3.05) is 17.7 Å².